The van der Waals surface area contributed by atoms with Crippen molar-refractivity contribution < 1.29 is 4.42 Å². The standard InChI is InChI=1S/C22H13BrO/c23-19-12-6-11-17-20-16-10-5-4-9-15(16)13-18(22(20)24-21(17)19)14-7-2-1-3-8-14/h1-13H. The van der Waals surface area contributed by atoms with Gasteiger partial charge in [-0.3, -0.25) is 0 Å². The zero-order chi connectivity index (χ0) is 16.1. The topological polar surface area (TPSA) is 13.1 Å². The molecular formula is C22H13BrO. The third kappa shape index (κ3) is 1.93. The summed E-state index contributed by atoms with van der Waals surface area (Å²) in [6.45, 7) is 0. The fraction of sp³-hybridized carbons (Fsp3) is 0. The van der Waals surface area contributed by atoms with Crippen LogP contribution in [0.3, 0.4) is 0 Å². The molecule has 114 valence electrons. The van der Waals surface area contributed by atoms with E-state index in [1.165, 1.54) is 21.7 Å². The molecule has 0 aliphatic rings. The van der Waals surface area contributed by atoms with Gasteiger partial charge in [0.15, 0.2) is 0 Å². The van der Waals surface area contributed by atoms with Gasteiger partial charge in [0, 0.05) is 16.3 Å². The van der Waals surface area contributed by atoms with Crippen LogP contribution in [-0.2, 0) is 0 Å². The number of rotatable bonds is 1. The lowest BCUT2D eigenvalue weighted by Crippen LogP contribution is -1.81. The molecule has 1 nitrogen and oxygen atoms in total. The molecular weight excluding hydrogens is 360 g/mol. The van der Waals surface area contributed by atoms with E-state index in [0.717, 1.165) is 26.6 Å². The van der Waals surface area contributed by atoms with Crippen molar-refractivity contribution in [1.82, 2.24) is 0 Å². The molecule has 24 heavy (non-hydrogen) atoms. The maximum absolute atomic E-state index is 6.33. The molecule has 1 aromatic heterocycles. The maximum atomic E-state index is 6.33. The summed E-state index contributed by atoms with van der Waals surface area (Å²) in [6, 6.07) is 27.4. The Balaban J connectivity index is 2.06. The van der Waals surface area contributed by atoms with E-state index >= 15 is 0 Å². The van der Waals surface area contributed by atoms with Crippen molar-refractivity contribution in [2.75, 3.05) is 0 Å². The van der Waals surface area contributed by atoms with Crippen LogP contribution < -0.4 is 0 Å². The molecule has 0 atom stereocenters. The van der Waals surface area contributed by atoms with Crippen LogP contribution in [0.4, 0.5) is 0 Å². The highest BCUT2D eigenvalue weighted by Crippen LogP contribution is 2.42. The molecule has 0 saturated heterocycles. The quantitative estimate of drug-likeness (QED) is 0.304. The van der Waals surface area contributed by atoms with E-state index in [4.69, 9.17) is 4.42 Å². The predicted molar refractivity (Wildman–Crippen MR) is 104 cm³/mol. The van der Waals surface area contributed by atoms with Gasteiger partial charge in [0.2, 0.25) is 0 Å². The summed E-state index contributed by atoms with van der Waals surface area (Å²) in [7, 11) is 0. The number of halogens is 1. The van der Waals surface area contributed by atoms with Gasteiger partial charge in [0.25, 0.3) is 0 Å². The number of hydrogen-bond donors (Lipinski definition) is 0. The van der Waals surface area contributed by atoms with Crippen LogP contribution >= 0.6 is 15.9 Å². The van der Waals surface area contributed by atoms with E-state index in [-0.39, 0.29) is 0 Å². The van der Waals surface area contributed by atoms with Crippen molar-refractivity contribution >= 4 is 48.6 Å². The fourth-order valence-electron chi connectivity index (χ4n) is 3.45. The summed E-state index contributed by atoms with van der Waals surface area (Å²) in [5.74, 6) is 0. The lowest BCUT2D eigenvalue weighted by Gasteiger charge is -2.06. The van der Waals surface area contributed by atoms with Gasteiger partial charge in [0.1, 0.15) is 11.2 Å². The Kier molecular flexibility index (Phi) is 3.00. The van der Waals surface area contributed by atoms with Gasteiger partial charge in [0.05, 0.1) is 4.47 Å². The first-order valence-electron chi connectivity index (χ1n) is 7.91. The summed E-state index contributed by atoms with van der Waals surface area (Å²) in [6.07, 6.45) is 0. The molecule has 0 amide bonds. The van der Waals surface area contributed by atoms with Crippen molar-refractivity contribution in [3.8, 4) is 11.1 Å². The lowest BCUT2D eigenvalue weighted by atomic mass is 9.96. The third-order valence-electron chi connectivity index (χ3n) is 4.53. The largest absolute Gasteiger partial charge is 0.454 e. The van der Waals surface area contributed by atoms with Crippen LogP contribution in [0.1, 0.15) is 0 Å². The number of fused-ring (bicyclic) bond motifs is 5. The molecule has 0 spiro atoms. The molecule has 5 aromatic rings. The Morgan fingerprint density at radius 1 is 0.667 bits per heavy atom. The number of para-hydroxylation sites is 1. The van der Waals surface area contributed by atoms with Crippen molar-refractivity contribution in [2.24, 2.45) is 0 Å². The Morgan fingerprint density at radius 3 is 2.29 bits per heavy atom. The Hall–Kier alpha value is -2.58. The second-order valence-corrected chi connectivity index (χ2v) is 6.79. The van der Waals surface area contributed by atoms with Gasteiger partial charge in [-0.2, -0.15) is 0 Å². The van der Waals surface area contributed by atoms with Crippen LogP contribution in [0.25, 0.3) is 43.8 Å². The Bertz CT molecular complexity index is 1200. The normalized spacial score (nSPS) is 11.5. The molecule has 0 aliphatic carbocycles. The molecule has 1 heterocycles. The molecule has 0 unspecified atom stereocenters. The molecule has 0 radical (unpaired) electrons. The SMILES string of the molecule is Brc1cccc2c1oc1c(-c3ccccc3)cc3ccccc3c12. The van der Waals surface area contributed by atoms with Crippen LogP contribution in [0.15, 0.2) is 87.8 Å². The van der Waals surface area contributed by atoms with Crippen LogP contribution in [0.5, 0.6) is 0 Å². The van der Waals surface area contributed by atoms with Gasteiger partial charge in [-0.15, -0.1) is 0 Å². The monoisotopic (exact) mass is 372 g/mol. The molecule has 4 aromatic carbocycles. The molecule has 0 bridgehead atoms. The zero-order valence-electron chi connectivity index (χ0n) is 12.8. The summed E-state index contributed by atoms with van der Waals surface area (Å²) < 4.78 is 7.32. The van der Waals surface area contributed by atoms with Gasteiger partial charge in [-0.1, -0.05) is 66.7 Å². The maximum Gasteiger partial charge on any atom is 0.149 e. The third-order valence-corrected chi connectivity index (χ3v) is 5.15. The summed E-state index contributed by atoms with van der Waals surface area (Å²) >= 11 is 3.63. The van der Waals surface area contributed by atoms with Crippen LogP contribution in [0, 0.1) is 0 Å². The van der Waals surface area contributed by atoms with Crippen molar-refractivity contribution in [1.29, 1.82) is 0 Å². The van der Waals surface area contributed by atoms with E-state index in [1.807, 2.05) is 12.1 Å². The molecule has 0 N–H and O–H groups in total. The van der Waals surface area contributed by atoms with E-state index in [0.29, 0.717) is 0 Å². The van der Waals surface area contributed by atoms with Gasteiger partial charge in [-0.05, 0) is 44.4 Å². The average Bonchev–Trinajstić information content (AvgIpc) is 3.03. The molecule has 0 fully saturated rings. The number of hydrogen-bond acceptors (Lipinski definition) is 1. The molecule has 5 rings (SSSR count). The smallest absolute Gasteiger partial charge is 0.149 e. The Morgan fingerprint density at radius 2 is 1.42 bits per heavy atom. The summed E-state index contributed by atoms with van der Waals surface area (Å²) in [4.78, 5) is 0. The van der Waals surface area contributed by atoms with Crippen molar-refractivity contribution in [2.45, 2.75) is 0 Å². The van der Waals surface area contributed by atoms with Gasteiger partial charge < -0.3 is 4.42 Å². The fourth-order valence-corrected chi connectivity index (χ4v) is 3.89. The highest BCUT2D eigenvalue weighted by Gasteiger charge is 2.16. The first-order valence-corrected chi connectivity index (χ1v) is 8.70. The van der Waals surface area contributed by atoms with E-state index in [1.54, 1.807) is 0 Å². The highest BCUT2D eigenvalue weighted by atomic mass is 79.9. The Labute approximate surface area is 147 Å². The molecule has 0 saturated carbocycles. The molecule has 0 aliphatic heterocycles. The number of furan rings is 1. The molecule has 2 heteroatoms. The minimum Gasteiger partial charge on any atom is -0.454 e. The van der Waals surface area contributed by atoms with E-state index in [9.17, 15) is 0 Å². The van der Waals surface area contributed by atoms with Crippen molar-refractivity contribution in [3.63, 3.8) is 0 Å². The lowest BCUT2D eigenvalue weighted by molar-refractivity contribution is 0.668. The van der Waals surface area contributed by atoms with Crippen LogP contribution in [-0.4, -0.2) is 0 Å². The second kappa shape index (κ2) is 5.22. The zero-order valence-corrected chi connectivity index (χ0v) is 14.4. The number of benzene rings is 4. The first-order chi connectivity index (χ1) is 11.8. The van der Waals surface area contributed by atoms with Gasteiger partial charge in [-0.25, -0.2) is 0 Å². The van der Waals surface area contributed by atoms with E-state index in [2.05, 4.69) is 82.7 Å². The summed E-state index contributed by atoms with van der Waals surface area (Å²) in [5.41, 5.74) is 4.15. The van der Waals surface area contributed by atoms with Crippen LogP contribution in [0.2, 0.25) is 0 Å². The highest BCUT2D eigenvalue weighted by molar-refractivity contribution is 9.10. The minimum atomic E-state index is 0.904. The van der Waals surface area contributed by atoms with E-state index < -0.39 is 0 Å². The average molecular weight is 373 g/mol. The predicted octanol–water partition coefficient (Wildman–Crippen LogP) is 7.17. The summed E-state index contributed by atoms with van der Waals surface area (Å²) in [5, 5.41) is 4.78. The van der Waals surface area contributed by atoms with Gasteiger partial charge >= 0.3 is 0 Å². The first kappa shape index (κ1) is 13.8. The van der Waals surface area contributed by atoms with Crippen molar-refractivity contribution in [3.05, 3.63) is 83.3 Å². The minimum absolute atomic E-state index is 0.904. The second-order valence-electron chi connectivity index (χ2n) is 5.93.